The predicted octanol–water partition coefficient (Wildman–Crippen LogP) is 2.98. The molecule has 1 rings (SSSR count). The first kappa shape index (κ1) is 17.9. The van der Waals surface area contributed by atoms with Crippen molar-refractivity contribution in [3.05, 3.63) is 34.9 Å². The van der Waals surface area contributed by atoms with Crippen LogP contribution in [0.4, 0.5) is 0 Å². The molecular formula is C15H20ClNO3S. The number of nitrogens with zero attached hydrogens (tertiary/aromatic N) is 1. The summed E-state index contributed by atoms with van der Waals surface area (Å²) in [6.45, 7) is 2.55. The van der Waals surface area contributed by atoms with Crippen LogP contribution in [-0.4, -0.2) is 42.7 Å². The molecule has 116 valence electrons. The molecule has 0 aromatic heterocycles. The summed E-state index contributed by atoms with van der Waals surface area (Å²) in [7, 11) is 1.33. The standard InChI is InChI=1S/C15H20ClNO3S/c1-3-8-17(9-15(19)20-2)14(18)11-21-10-12-4-6-13(16)7-5-12/h4-7H,3,8-11H2,1-2H3. The Labute approximate surface area is 134 Å². The highest BCUT2D eigenvalue weighted by atomic mass is 35.5. The highest BCUT2D eigenvalue weighted by Crippen LogP contribution is 2.16. The summed E-state index contributed by atoms with van der Waals surface area (Å²) in [5.41, 5.74) is 1.12. The second-order valence-corrected chi connectivity index (χ2v) is 5.93. The average molecular weight is 330 g/mol. The fraction of sp³-hybridized carbons (Fsp3) is 0.467. The van der Waals surface area contributed by atoms with Gasteiger partial charge in [0.05, 0.1) is 12.9 Å². The van der Waals surface area contributed by atoms with Crippen LogP contribution in [0.15, 0.2) is 24.3 Å². The van der Waals surface area contributed by atoms with Gasteiger partial charge in [0.1, 0.15) is 6.54 Å². The van der Waals surface area contributed by atoms with Gasteiger partial charge in [0.25, 0.3) is 0 Å². The van der Waals surface area contributed by atoms with Crippen molar-refractivity contribution in [2.24, 2.45) is 0 Å². The topological polar surface area (TPSA) is 46.6 Å². The number of rotatable bonds is 8. The third-order valence-electron chi connectivity index (χ3n) is 2.80. The number of esters is 1. The van der Waals surface area contributed by atoms with Gasteiger partial charge in [0.15, 0.2) is 0 Å². The summed E-state index contributed by atoms with van der Waals surface area (Å²) >= 11 is 7.35. The van der Waals surface area contributed by atoms with Crippen LogP contribution in [0.3, 0.4) is 0 Å². The van der Waals surface area contributed by atoms with E-state index in [4.69, 9.17) is 11.6 Å². The summed E-state index contributed by atoms with van der Waals surface area (Å²) in [6, 6.07) is 7.55. The molecule has 0 heterocycles. The molecule has 0 aliphatic heterocycles. The van der Waals surface area contributed by atoms with E-state index in [1.807, 2.05) is 31.2 Å². The van der Waals surface area contributed by atoms with Crippen molar-refractivity contribution < 1.29 is 14.3 Å². The summed E-state index contributed by atoms with van der Waals surface area (Å²) in [6.07, 6.45) is 0.810. The Hall–Kier alpha value is -1.20. The Morgan fingerprint density at radius 1 is 1.29 bits per heavy atom. The van der Waals surface area contributed by atoms with E-state index in [-0.39, 0.29) is 18.4 Å². The van der Waals surface area contributed by atoms with Crippen LogP contribution in [0, 0.1) is 0 Å². The number of thioether (sulfide) groups is 1. The minimum absolute atomic E-state index is 0.0185. The molecule has 0 saturated heterocycles. The smallest absolute Gasteiger partial charge is 0.325 e. The molecule has 0 atom stereocenters. The molecule has 0 radical (unpaired) electrons. The molecular weight excluding hydrogens is 310 g/mol. The van der Waals surface area contributed by atoms with E-state index in [1.54, 1.807) is 4.90 Å². The van der Waals surface area contributed by atoms with Gasteiger partial charge in [0, 0.05) is 17.3 Å². The Morgan fingerprint density at radius 2 is 1.95 bits per heavy atom. The lowest BCUT2D eigenvalue weighted by atomic mass is 10.2. The van der Waals surface area contributed by atoms with Crippen molar-refractivity contribution in [1.82, 2.24) is 4.90 Å². The maximum atomic E-state index is 12.1. The van der Waals surface area contributed by atoms with E-state index in [0.29, 0.717) is 17.3 Å². The molecule has 1 aromatic carbocycles. The van der Waals surface area contributed by atoms with Crippen LogP contribution < -0.4 is 0 Å². The van der Waals surface area contributed by atoms with Gasteiger partial charge in [-0.2, -0.15) is 0 Å². The first-order chi connectivity index (χ1) is 10.1. The van der Waals surface area contributed by atoms with Gasteiger partial charge in [0.2, 0.25) is 5.91 Å². The van der Waals surface area contributed by atoms with Crippen LogP contribution in [0.1, 0.15) is 18.9 Å². The SMILES string of the molecule is CCCN(CC(=O)OC)C(=O)CSCc1ccc(Cl)cc1. The van der Waals surface area contributed by atoms with Crippen LogP contribution in [0.5, 0.6) is 0 Å². The van der Waals surface area contributed by atoms with Gasteiger partial charge in [-0.05, 0) is 24.1 Å². The molecule has 0 aliphatic rings. The van der Waals surface area contributed by atoms with Gasteiger partial charge >= 0.3 is 5.97 Å². The lowest BCUT2D eigenvalue weighted by molar-refractivity contribution is -0.146. The number of hydrogen-bond acceptors (Lipinski definition) is 4. The second kappa shape index (κ2) is 9.68. The monoisotopic (exact) mass is 329 g/mol. The summed E-state index contributed by atoms with van der Waals surface area (Å²) < 4.78 is 4.61. The van der Waals surface area contributed by atoms with E-state index in [9.17, 15) is 9.59 Å². The number of halogens is 1. The number of ether oxygens (including phenoxy) is 1. The largest absolute Gasteiger partial charge is 0.468 e. The quantitative estimate of drug-likeness (QED) is 0.688. The highest BCUT2D eigenvalue weighted by molar-refractivity contribution is 7.99. The zero-order valence-electron chi connectivity index (χ0n) is 12.3. The molecule has 0 N–H and O–H groups in total. The Bertz CT molecular complexity index is 464. The normalized spacial score (nSPS) is 10.2. The number of carbonyl (C=O) groups excluding carboxylic acids is 2. The number of methoxy groups -OCH3 is 1. The van der Waals surface area contributed by atoms with Crippen molar-refractivity contribution in [3.63, 3.8) is 0 Å². The van der Waals surface area contributed by atoms with Crippen molar-refractivity contribution in [2.75, 3.05) is 26.0 Å². The maximum Gasteiger partial charge on any atom is 0.325 e. The van der Waals surface area contributed by atoms with Gasteiger partial charge < -0.3 is 9.64 Å². The molecule has 0 spiro atoms. The number of benzene rings is 1. The van der Waals surface area contributed by atoms with Gasteiger partial charge in [-0.3, -0.25) is 9.59 Å². The molecule has 0 fully saturated rings. The highest BCUT2D eigenvalue weighted by Gasteiger charge is 2.16. The molecule has 1 aromatic rings. The first-order valence-electron chi connectivity index (χ1n) is 6.73. The van der Waals surface area contributed by atoms with Gasteiger partial charge in [-0.1, -0.05) is 30.7 Å². The average Bonchev–Trinajstić information content (AvgIpc) is 2.48. The van der Waals surface area contributed by atoms with Crippen LogP contribution in [0.2, 0.25) is 5.02 Å². The molecule has 0 unspecified atom stereocenters. The zero-order chi connectivity index (χ0) is 15.7. The third kappa shape index (κ3) is 6.87. The Balaban J connectivity index is 2.42. The molecule has 0 saturated carbocycles. The minimum Gasteiger partial charge on any atom is -0.468 e. The maximum absolute atomic E-state index is 12.1. The molecule has 4 nitrogen and oxygen atoms in total. The van der Waals surface area contributed by atoms with Crippen molar-refractivity contribution in [2.45, 2.75) is 19.1 Å². The number of hydrogen-bond donors (Lipinski definition) is 0. The van der Waals surface area contributed by atoms with Crippen LogP contribution >= 0.6 is 23.4 Å². The lowest BCUT2D eigenvalue weighted by Gasteiger charge is -2.20. The fourth-order valence-electron chi connectivity index (χ4n) is 1.71. The van der Waals surface area contributed by atoms with E-state index >= 15 is 0 Å². The zero-order valence-corrected chi connectivity index (χ0v) is 13.9. The molecule has 1 amide bonds. The molecule has 21 heavy (non-hydrogen) atoms. The fourth-order valence-corrected chi connectivity index (χ4v) is 2.72. The molecule has 0 bridgehead atoms. The van der Waals surface area contributed by atoms with Crippen LogP contribution in [0.25, 0.3) is 0 Å². The van der Waals surface area contributed by atoms with Crippen molar-refractivity contribution in [1.29, 1.82) is 0 Å². The van der Waals surface area contributed by atoms with Crippen LogP contribution in [-0.2, 0) is 20.1 Å². The van der Waals surface area contributed by atoms with E-state index in [0.717, 1.165) is 17.7 Å². The molecule has 0 aliphatic carbocycles. The summed E-state index contributed by atoms with van der Waals surface area (Å²) in [5, 5.41) is 0.701. The molecule has 6 heteroatoms. The van der Waals surface area contributed by atoms with E-state index in [2.05, 4.69) is 4.74 Å². The third-order valence-corrected chi connectivity index (χ3v) is 4.04. The van der Waals surface area contributed by atoms with Crippen molar-refractivity contribution in [3.8, 4) is 0 Å². The number of carbonyl (C=O) groups is 2. The Morgan fingerprint density at radius 3 is 2.52 bits per heavy atom. The summed E-state index contributed by atoms with van der Waals surface area (Å²) in [5.74, 6) is 0.654. The minimum atomic E-state index is -0.389. The Kier molecular flexibility index (Phi) is 8.23. The predicted molar refractivity (Wildman–Crippen MR) is 86.5 cm³/mol. The van der Waals surface area contributed by atoms with E-state index in [1.165, 1.54) is 18.9 Å². The van der Waals surface area contributed by atoms with Gasteiger partial charge in [-0.15, -0.1) is 11.8 Å². The lowest BCUT2D eigenvalue weighted by Crippen LogP contribution is -2.37. The number of amides is 1. The van der Waals surface area contributed by atoms with Gasteiger partial charge in [-0.25, -0.2) is 0 Å². The second-order valence-electron chi connectivity index (χ2n) is 4.51. The first-order valence-corrected chi connectivity index (χ1v) is 8.26. The summed E-state index contributed by atoms with van der Waals surface area (Å²) in [4.78, 5) is 24.9. The van der Waals surface area contributed by atoms with Crippen molar-refractivity contribution >= 4 is 35.2 Å². The van der Waals surface area contributed by atoms with E-state index < -0.39 is 0 Å².